The van der Waals surface area contributed by atoms with E-state index < -0.39 is 7.56 Å². The lowest BCUT2D eigenvalue weighted by molar-refractivity contribution is 0.471. The van der Waals surface area contributed by atoms with Gasteiger partial charge in [-0.3, -0.25) is 0 Å². The van der Waals surface area contributed by atoms with Crippen LogP contribution in [0.5, 0.6) is 0 Å². The zero-order chi connectivity index (χ0) is 13.8. The van der Waals surface area contributed by atoms with Crippen LogP contribution in [-0.4, -0.2) is 22.7 Å². The number of aromatic nitrogens is 1. The Morgan fingerprint density at radius 2 is 1.25 bits per heavy atom. The van der Waals surface area contributed by atoms with Crippen molar-refractivity contribution in [2.75, 3.05) is 7.05 Å². The van der Waals surface area contributed by atoms with Crippen LogP contribution in [0.1, 0.15) is 64.2 Å². The maximum absolute atomic E-state index is 3.93. The Kier molecular flexibility index (Phi) is 4.83. The zero-order valence-corrected chi connectivity index (χ0v) is 13.8. The number of hydrogen-bond acceptors (Lipinski definition) is 1. The molecule has 1 heterocycles. The minimum Gasteiger partial charge on any atom is -0.215 e. The first-order valence-corrected chi connectivity index (χ1v) is 10.5. The molecule has 1 N–H and O–H groups in total. The molecule has 2 aliphatic rings. The van der Waals surface area contributed by atoms with Crippen molar-refractivity contribution < 1.29 is 0 Å². The fraction of sp³-hybridized carbons (Fsp3) is 0.765. The minimum absolute atomic E-state index is 0.914. The average Bonchev–Trinajstić information content (AvgIpc) is 3.06. The lowest BCUT2D eigenvalue weighted by Gasteiger charge is -2.42. The van der Waals surface area contributed by atoms with E-state index in [1.54, 1.807) is 0 Å². The quantitative estimate of drug-likeness (QED) is 0.767. The Labute approximate surface area is 124 Å². The van der Waals surface area contributed by atoms with Gasteiger partial charge >= 0.3 is 0 Å². The molecule has 2 nitrogen and oxygen atoms in total. The average molecular weight is 293 g/mol. The maximum atomic E-state index is 3.93. The summed E-state index contributed by atoms with van der Waals surface area (Å²) in [5.74, 6) is 0. The van der Waals surface area contributed by atoms with E-state index in [1.165, 1.54) is 64.2 Å². The van der Waals surface area contributed by atoms with Gasteiger partial charge in [-0.05, 0) is 63.5 Å². The van der Waals surface area contributed by atoms with Crippen LogP contribution < -0.4 is 5.09 Å². The van der Waals surface area contributed by atoms with Crippen molar-refractivity contribution >= 4 is 7.56 Å². The topological polar surface area (TPSA) is 17.0 Å². The van der Waals surface area contributed by atoms with Crippen LogP contribution in [0.25, 0.3) is 0 Å². The fourth-order valence-electron chi connectivity index (χ4n) is 4.65. The predicted molar refractivity (Wildman–Crippen MR) is 89.6 cm³/mol. The largest absolute Gasteiger partial charge is 0.215 e. The smallest absolute Gasteiger partial charge is 0.181 e. The third-order valence-corrected chi connectivity index (χ3v) is 10.6. The summed E-state index contributed by atoms with van der Waals surface area (Å²) in [5.41, 5.74) is 1.83. The van der Waals surface area contributed by atoms with E-state index in [-0.39, 0.29) is 0 Å². The number of nitrogens with zero attached hydrogens (tertiary/aromatic N) is 1. The van der Waals surface area contributed by atoms with Crippen molar-refractivity contribution in [2.24, 2.45) is 0 Å². The first-order chi connectivity index (χ1) is 9.88. The molecule has 20 heavy (non-hydrogen) atoms. The molecule has 3 rings (SSSR count). The highest BCUT2D eigenvalue weighted by molar-refractivity contribution is 7.73. The van der Waals surface area contributed by atoms with Crippen molar-refractivity contribution in [1.29, 1.82) is 0 Å². The Balaban J connectivity index is 1.95. The molecule has 3 heteroatoms. The summed E-state index contributed by atoms with van der Waals surface area (Å²) in [5, 5.41) is 3.93. The van der Waals surface area contributed by atoms with Gasteiger partial charge < -0.3 is 0 Å². The highest BCUT2D eigenvalue weighted by Gasteiger charge is 2.53. The van der Waals surface area contributed by atoms with Gasteiger partial charge in [0.15, 0.2) is 7.56 Å². The summed E-state index contributed by atoms with van der Waals surface area (Å²) >= 11 is 0. The van der Waals surface area contributed by atoms with Crippen LogP contribution in [-0.2, 0) is 0 Å². The van der Waals surface area contributed by atoms with Gasteiger partial charge in [-0.2, -0.15) is 5.09 Å². The van der Waals surface area contributed by atoms with Crippen LogP contribution in [0.2, 0.25) is 0 Å². The second-order valence-corrected chi connectivity index (χ2v) is 10.5. The summed E-state index contributed by atoms with van der Waals surface area (Å²) in [6.07, 6.45) is 19.2. The molecule has 112 valence electrons. The second-order valence-electron chi connectivity index (χ2n) is 6.61. The van der Waals surface area contributed by atoms with E-state index in [0.717, 1.165) is 11.3 Å². The van der Waals surface area contributed by atoms with Crippen molar-refractivity contribution in [3.8, 4) is 0 Å². The van der Waals surface area contributed by atoms with Crippen LogP contribution in [0.3, 0.4) is 0 Å². The van der Waals surface area contributed by atoms with Gasteiger partial charge in [-0.15, -0.1) is 0 Å². The summed E-state index contributed by atoms with van der Waals surface area (Å²) in [6, 6.07) is 4.44. The Bertz CT molecular complexity index is 371. The molecule has 0 spiro atoms. The van der Waals surface area contributed by atoms with Gasteiger partial charge in [0, 0.05) is 19.4 Å². The molecule has 0 aliphatic heterocycles. The normalized spacial score (nSPS) is 23.1. The predicted octanol–water partition coefficient (Wildman–Crippen LogP) is 5.07. The summed E-state index contributed by atoms with van der Waals surface area (Å²) in [6.45, 7) is 0. The molecule has 0 bridgehead atoms. The molecule has 0 unspecified atom stereocenters. The third-order valence-electron chi connectivity index (χ3n) is 5.59. The Morgan fingerprint density at radius 3 is 1.65 bits per heavy atom. The van der Waals surface area contributed by atoms with Gasteiger partial charge in [-0.25, -0.2) is 4.34 Å². The van der Waals surface area contributed by atoms with Gasteiger partial charge in [0.1, 0.15) is 11.3 Å². The number of hydrogen-bond donors (Lipinski definition) is 1. The van der Waals surface area contributed by atoms with E-state index in [4.69, 9.17) is 0 Å². The highest BCUT2D eigenvalue weighted by atomic mass is 31.2. The SMILES string of the molecule is CN[P+](C1CCCCC1)(C1CCCCC1)n1cccc1. The molecule has 0 saturated heterocycles. The number of nitrogens with one attached hydrogen (secondary N) is 1. The lowest BCUT2D eigenvalue weighted by Crippen LogP contribution is -2.38. The van der Waals surface area contributed by atoms with E-state index in [9.17, 15) is 0 Å². The van der Waals surface area contributed by atoms with E-state index in [1.807, 2.05) is 0 Å². The van der Waals surface area contributed by atoms with Crippen molar-refractivity contribution in [3.05, 3.63) is 24.5 Å². The first-order valence-electron chi connectivity index (χ1n) is 8.59. The molecule has 0 atom stereocenters. The second kappa shape index (κ2) is 6.62. The first kappa shape index (κ1) is 14.6. The highest BCUT2D eigenvalue weighted by Crippen LogP contribution is 2.69. The molecule has 0 amide bonds. The molecule has 2 aliphatic carbocycles. The van der Waals surface area contributed by atoms with Gasteiger partial charge in [-0.1, -0.05) is 12.8 Å². The molecular weight excluding hydrogens is 263 g/mol. The molecule has 2 saturated carbocycles. The zero-order valence-electron chi connectivity index (χ0n) is 12.9. The van der Waals surface area contributed by atoms with Gasteiger partial charge in [0.2, 0.25) is 0 Å². The minimum atomic E-state index is -1.27. The van der Waals surface area contributed by atoms with Crippen molar-refractivity contribution in [1.82, 2.24) is 9.42 Å². The molecular formula is C17H30N2P+. The molecule has 2 fully saturated rings. The van der Waals surface area contributed by atoms with Crippen molar-refractivity contribution in [2.45, 2.75) is 75.5 Å². The van der Waals surface area contributed by atoms with Gasteiger partial charge in [0.05, 0.1) is 0 Å². The summed E-state index contributed by atoms with van der Waals surface area (Å²) in [7, 11) is 0.981. The summed E-state index contributed by atoms with van der Waals surface area (Å²) in [4.78, 5) is 0. The van der Waals surface area contributed by atoms with E-state index >= 15 is 0 Å². The van der Waals surface area contributed by atoms with E-state index in [2.05, 4.69) is 41.0 Å². The third kappa shape index (κ3) is 2.57. The molecule has 0 aromatic carbocycles. The summed E-state index contributed by atoms with van der Waals surface area (Å²) < 4.78 is 2.62. The maximum Gasteiger partial charge on any atom is 0.181 e. The molecule has 0 radical (unpaired) electrons. The Morgan fingerprint density at radius 1 is 0.800 bits per heavy atom. The van der Waals surface area contributed by atoms with Crippen LogP contribution in [0.15, 0.2) is 24.5 Å². The lowest BCUT2D eigenvalue weighted by atomic mass is 9.99. The van der Waals surface area contributed by atoms with E-state index in [0.29, 0.717) is 0 Å². The van der Waals surface area contributed by atoms with Gasteiger partial charge in [0.25, 0.3) is 0 Å². The molecule has 1 aromatic heterocycles. The standard InChI is InChI=1S/C17H30N2P/c1-18-20(19-14-8-9-15-19,16-10-4-2-5-11-16)17-12-6-3-7-13-17/h8-9,14-18H,2-7,10-13H2,1H3/q+1. The Hall–Kier alpha value is -0.330. The van der Waals surface area contributed by atoms with Crippen LogP contribution in [0.4, 0.5) is 0 Å². The number of rotatable bonds is 4. The fourth-order valence-corrected chi connectivity index (χ4v) is 9.86. The van der Waals surface area contributed by atoms with Crippen molar-refractivity contribution in [3.63, 3.8) is 0 Å². The van der Waals surface area contributed by atoms with Crippen LogP contribution >= 0.6 is 7.56 Å². The monoisotopic (exact) mass is 293 g/mol. The van der Waals surface area contributed by atoms with Crippen LogP contribution in [0, 0.1) is 0 Å². The molecule has 1 aromatic rings.